The molecule has 0 radical (unpaired) electrons. The van der Waals surface area contributed by atoms with Crippen molar-refractivity contribution in [3.05, 3.63) is 60.2 Å². The molecule has 2 aliphatic rings. The van der Waals surface area contributed by atoms with Crippen LogP contribution in [0.4, 0.5) is 11.4 Å². The van der Waals surface area contributed by atoms with Gasteiger partial charge in [0.1, 0.15) is 6.61 Å². The summed E-state index contributed by atoms with van der Waals surface area (Å²) in [6.45, 7) is 2.23. The zero-order valence-corrected chi connectivity index (χ0v) is 15.5. The summed E-state index contributed by atoms with van der Waals surface area (Å²) in [6, 6.07) is 17.4. The van der Waals surface area contributed by atoms with Crippen molar-refractivity contribution in [2.45, 2.75) is 12.5 Å². The zero-order valence-electron chi connectivity index (χ0n) is 15.5. The van der Waals surface area contributed by atoms with Crippen LogP contribution in [0.3, 0.4) is 0 Å². The van der Waals surface area contributed by atoms with Crippen LogP contribution in [0.5, 0.6) is 0 Å². The third-order valence-electron chi connectivity index (χ3n) is 4.81. The van der Waals surface area contributed by atoms with Crippen LogP contribution in [0.15, 0.2) is 59.6 Å². The number of anilines is 2. The molecule has 2 aromatic rings. The second-order valence-corrected chi connectivity index (χ2v) is 6.76. The lowest BCUT2D eigenvalue weighted by molar-refractivity contribution is -0.125. The fourth-order valence-corrected chi connectivity index (χ4v) is 3.36. The first kappa shape index (κ1) is 18.6. The van der Waals surface area contributed by atoms with Crippen LogP contribution in [-0.2, 0) is 14.3 Å². The smallest absolute Gasteiger partial charge is 0.253 e. The highest BCUT2D eigenvalue weighted by Gasteiger charge is 2.31. The van der Waals surface area contributed by atoms with Gasteiger partial charge in [0.05, 0.1) is 25.8 Å². The fourth-order valence-electron chi connectivity index (χ4n) is 3.36. The van der Waals surface area contributed by atoms with Crippen LogP contribution in [0, 0.1) is 0 Å². The Balaban J connectivity index is 1.36. The van der Waals surface area contributed by atoms with Gasteiger partial charge in [-0.1, -0.05) is 30.3 Å². The summed E-state index contributed by atoms with van der Waals surface area (Å²) in [4.78, 5) is 19.9. The minimum absolute atomic E-state index is 0.0418. The van der Waals surface area contributed by atoms with Gasteiger partial charge in [-0.3, -0.25) is 9.79 Å². The van der Waals surface area contributed by atoms with Gasteiger partial charge >= 0.3 is 0 Å². The lowest BCUT2D eigenvalue weighted by atomic mass is 10.2. The highest BCUT2D eigenvalue weighted by molar-refractivity contribution is 5.95. The molecule has 0 aliphatic carbocycles. The van der Waals surface area contributed by atoms with E-state index in [1.165, 1.54) is 0 Å². The molecule has 2 heterocycles. The predicted molar refractivity (Wildman–Crippen MR) is 107 cm³/mol. The molecule has 2 aromatic carbocycles. The molecule has 1 N–H and O–H groups in total. The molecule has 1 unspecified atom stereocenters. The van der Waals surface area contributed by atoms with Gasteiger partial charge in [0.2, 0.25) is 6.41 Å². The zero-order chi connectivity index (χ0) is 19.3. The lowest BCUT2D eigenvalue weighted by Crippen LogP contribution is -2.41. The molecule has 146 valence electrons. The third-order valence-corrected chi connectivity index (χ3v) is 4.81. The van der Waals surface area contributed by atoms with E-state index < -0.39 is 6.41 Å². The highest BCUT2D eigenvalue weighted by atomic mass is 16.6. The number of benzene rings is 2. The summed E-state index contributed by atoms with van der Waals surface area (Å²) in [7, 11) is 0. The molecule has 7 heteroatoms. The quantitative estimate of drug-likeness (QED) is 0.798. The van der Waals surface area contributed by atoms with Gasteiger partial charge in [-0.25, -0.2) is 0 Å². The molecule has 2 fully saturated rings. The molecule has 0 saturated carbocycles. The first-order valence-electron chi connectivity index (χ1n) is 9.34. The number of nitrogens with zero attached hydrogens (tertiary/aromatic N) is 3. The maximum absolute atomic E-state index is 12.0. The standard InChI is InChI=1S/C21H23N3O4/c25-20-15-27-11-10-23(20)17-6-8-18(9-7-17)24-14-19(28-21(24)26)13-22-12-16-4-2-1-3-5-16/h1-9,12,19,21,26H,10-11,13-15H2/t19-,21?/m0/s1. The number of morpholine rings is 1. The first-order chi connectivity index (χ1) is 13.7. The van der Waals surface area contributed by atoms with Gasteiger partial charge in [0.25, 0.3) is 5.91 Å². The Morgan fingerprint density at radius 3 is 2.61 bits per heavy atom. The molecule has 0 bridgehead atoms. The van der Waals surface area contributed by atoms with E-state index in [1.54, 1.807) is 9.80 Å². The summed E-state index contributed by atoms with van der Waals surface area (Å²) >= 11 is 0. The summed E-state index contributed by atoms with van der Waals surface area (Å²) in [5.41, 5.74) is 2.70. The predicted octanol–water partition coefficient (Wildman–Crippen LogP) is 1.65. The van der Waals surface area contributed by atoms with Crippen molar-refractivity contribution in [3.63, 3.8) is 0 Å². The summed E-state index contributed by atoms with van der Waals surface area (Å²) in [5, 5.41) is 10.3. The van der Waals surface area contributed by atoms with Crippen molar-refractivity contribution < 1.29 is 19.4 Å². The van der Waals surface area contributed by atoms with Gasteiger partial charge in [-0.15, -0.1) is 0 Å². The van der Waals surface area contributed by atoms with Gasteiger partial charge in [0.15, 0.2) is 0 Å². The normalized spacial score (nSPS) is 23.0. The third kappa shape index (κ3) is 4.22. The largest absolute Gasteiger partial charge is 0.370 e. The Bertz CT molecular complexity index is 825. The number of amides is 1. The van der Waals surface area contributed by atoms with Crippen molar-refractivity contribution in [2.75, 3.05) is 42.6 Å². The molecule has 4 rings (SSSR count). The number of rotatable bonds is 5. The Labute approximate surface area is 163 Å². The molecule has 0 aromatic heterocycles. The monoisotopic (exact) mass is 381 g/mol. The van der Waals surface area contributed by atoms with E-state index >= 15 is 0 Å². The van der Waals surface area contributed by atoms with Crippen LogP contribution in [-0.4, -0.2) is 62.6 Å². The second-order valence-electron chi connectivity index (χ2n) is 6.76. The fraction of sp³-hybridized carbons (Fsp3) is 0.333. The molecule has 2 saturated heterocycles. The molecular weight excluding hydrogens is 358 g/mol. The first-order valence-corrected chi connectivity index (χ1v) is 9.34. The van der Waals surface area contributed by atoms with Crippen molar-refractivity contribution in [2.24, 2.45) is 4.99 Å². The van der Waals surface area contributed by atoms with Crippen molar-refractivity contribution in [1.82, 2.24) is 0 Å². The van der Waals surface area contributed by atoms with Crippen LogP contribution in [0.1, 0.15) is 5.56 Å². The SMILES string of the molecule is O=C1COCCN1c1ccc(N2C[C@H](CN=Cc3ccccc3)OC2O)cc1. The number of hydrogen-bond donors (Lipinski definition) is 1. The summed E-state index contributed by atoms with van der Waals surface area (Å²) < 4.78 is 10.8. The molecule has 28 heavy (non-hydrogen) atoms. The minimum atomic E-state index is -1.01. The molecule has 1 amide bonds. The van der Waals surface area contributed by atoms with Crippen LogP contribution in [0.2, 0.25) is 0 Å². The number of aliphatic hydroxyl groups excluding tert-OH is 1. The van der Waals surface area contributed by atoms with Gasteiger partial charge < -0.3 is 24.4 Å². The summed E-state index contributed by atoms with van der Waals surface area (Å²) in [6.07, 6.45) is 0.621. The Hall–Kier alpha value is -2.74. The average molecular weight is 381 g/mol. The van der Waals surface area contributed by atoms with Gasteiger partial charge in [-0.05, 0) is 29.8 Å². The van der Waals surface area contributed by atoms with E-state index in [-0.39, 0.29) is 18.6 Å². The van der Waals surface area contributed by atoms with E-state index in [1.807, 2.05) is 60.8 Å². The maximum atomic E-state index is 12.0. The van der Waals surface area contributed by atoms with Gasteiger partial charge in [-0.2, -0.15) is 0 Å². The Morgan fingerprint density at radius 1 is 1.11 bits per heavy atom. The van der Waals surface area contributed by atoms with Crippen molar-refractivity contribution in [3.8, 4) is 0 Å². The van der Waals surface area contributed by atoms with Crippen molar-refractivity contribution in [1.29, 1.82) is 0 Å². The number of aliphatic hydroxyl groups is 1. The molecule has 7 nitrogen and oxygen atoms in total. The Morgan fingerprint density at radius 2 is 1.86 bits per heavy atom. The number of ether oxygens (including phenoxy) is 2. The lowest BCUT2D eigenvalue weighted by Gasteiger charge is -2.27. The topological polar surface area (TPSA) is 74.6 Å². The van der Waals surface area contributed by atoms with Crippen molar-refractivity contribution >= 4 is 23.5 Å². The second kappa shape index (κ2) is 8.52. The average Bonchev–Trinajstić information content (AvgIpc) is 3.10. The number of carbonyl (C=O) groups is 1. The number of hydrogen-bond acceptors (Lipinski definition) is 6. The van der Waals surface area contributed by atoms with E-state index in [0.717, 1.165) is 16.9 Å². The molecule has 2 atom stereocenters. The minimum Gasteiger partial charge on any atom is -0.370 e. The van der Waals surface area contributed by atoms with Crippen LogP contribution >= 0.6 is 0 Å². The van der Waals surface area contributed by atoms with Gasteiger partial charge in [0, 0.05) is 24.1 Å². The molecule has 2 aliphatic heterocycles. The number of carbonyl (C=O) groups excluding carboxylic acids is 1. The van der Waals surface area contributed by atoms with Crippen LogP contribution < -0.4 is 9.80 Å². The van der Waals surface area contributed by atoms with E-state index in [4.69, 9.17) is 9.47 Å². The summed E-state index contributed by atoms with van der Waals surface area (Å²) in [5.74, 6) is -0.0418. The highest BCUT2D eigenvalue weighted by Crippen LogP contribution is 2.27. The molecule has 0 spiro atoms. The Kier molecular flexibility index (Phi) is 5.66. The van der Waals surface area contributed by atoms with E-state index in [0.29, 0.717) is 26.2 Å². The molecular formula is C21H23N3O4. The number of aliphatic imine (C=N–C) groups is 1. The maximum Gasteiger partial charge on any atom is 0.253 e. The van der Waals surface area contributed by atoms with E-state index in [2.05, 4.69) is 4.99 Å². The van der Waals surface area contributed by atoms with E-state index in [9.17, 15) is 9.90 Å². The van der Waals surface area contributed by atoms with Crippen LogP contribution in [0.25, 0.3) is 0 Å².